The fourth-order valence-electron chi connectivity index (χ4n) is 3.25. The van der Waals surface area contributed by atoms with Crippen molar-refractivity contribution in [2.24, 2.45) is 0 Å². The number of nitrogens with one attached hydrogen (secondary N) is 1. The van der Waals surface area contributed by atoms with Gasteiger partial charge in [-0.2, -0.15) is 0 Å². The second-order valence-electron chi connectivity index (χ2n) is 6.59. The van der Waals surface area contributed by atoms with E-state index in [1.165, 1.54) is 14.0 Å². The maximum atomic E-state index is 12.6. The molecule has 2 amide bonds. The zero-order chi connectivity index (χ0) is 20.1. The van der Waals surface area contributed by atoms with Crippen LogP contribution in [0, 0.1) is 0 Å². The molecule has 144 valence electrons. The van der Waals surface area contributed by atoms with Crippen LogP contribution in [0.15, 0.2) is 54.7 Å². The highest BCUT2D eigenvalue weighted by Gasteiger charge is 2.28. The van der Waals surface area contributed by atoms with Gasteiger partial charge in [-0.25, -0.2) is 0 Å². The standard InChI is InChI=1S/C22H22N2O4/c1-15(25)24-12-11-17-5-3-4-6-19(17)20(24)14-21(26)23-18-9-7-16(8-10-18)13-22(27)28-2/h3-12,20H,13-14H2,1-2H3,(H,23,26). The lowest BCUT2D eigenvalue weighted by Crippen LogP contribution is -2.33. The molecule has 0 aromatic heterocycles. The molecule has 1 aliphatic heterocycles. The lowest BCUT2D eigenvalue weighted by Gasteiger charge is -2.32. The van der Waals surface area contributed by atoms with Crippen LogP contribution in [0.4, 0.5) is 5.69 Å². The molecule has 0 saturated heterocycles. The molecule has 1 N–H and O–H groups in total. The number of ether oxygens (including phenoxy) is 1. The normalized spacial score (nSPS) is 14.9. The van der Waals surface area contributed by atoms with Crippen LogP contribution in [0.1, 0.15) is 36.1 Å². The van der Waals surface area contributed by atoms with Gasteiger partial charge in [-0.3, -0.25) is 14.4 Å². The lowest BCUT2D eigenvalue weighted by molar-refractivity contribution is -0.139. The number of methoxy groups -OCH3 is 1. The van der Waals surface area contributed by atoms with Gasteiger partial charge in [0, 0.05) is 18.8 Å². The van der Waals surface area contributed by atoms with Crippen molar-refractivity contribution in [1.82, 2.24) is 4.90 Å². The van der Waals surface area contributed by atoms with Crippen molar-refractivity contribution < 1.29 is 19.1 Å². The minimum absolute atomic E-state index is 0.115. The number of carbonyl (C=O) groups excluding carboxylic acids is 3. The van der Waals surface area contributed by atoms with Crippen LogP contribution in [0.2, 0.25) is 0 Å². The molecule has 2 aromatic carbocycles. The maximum Gasteiger partial charge on any atom is 0.309 e. The van der Waals surface area contributed by atoms with Crippen molar-refractivity contribution in [3.63, 3.8) is 0 Å². The van der Waals surface area contributed by atoms with Crippen molar-refractivity contribution in [1.29, 1.82) is 0 Å². The van der Waals surface area contributed by atoms with E-state index in [2.05, 4.69) is 10.1 Å². The highest BCUT2D eigenvalue weighted by Crippen LogP contribution is 2.33. The van der Waals surface area contributed by atoms with E-state index in [1.54, 1.807) is 35.4 Å². The molecular formula is C22H22N2O4. The summed E-state index contributed by atoms with van der Waals surface area (Å²) in [5.74, 6) is -0.622. The number of amides is 2. The first-order valence-electron chi connectivity index (χ1n) is 8.99. The van der Waals surface area contributed by atoms with E-state index in [0.29, 0.717) is 5.69 Å². The van der Waals surface area contributed by atoms with Crippen molar-refractivity contribution in [2.45, 2.75) is 25.8 Å². The first kappa shape index (κ1) is 19.4. The van der Waals surface area contributed by atoms with Crippen LogP contribution in [0.25, 0.3) is 6.08 Å². The van der Waals surface area contributed by atoms with E-state index < -0.39 is 0 Å². The van der Waals surface area contributed by atoms with Gasteiger partial charge in [0.2, 0.25) is 11.8 Å². The number of carbonyl (C=O) groups is 3. The molecule has 1 atom stereocenters. The van der Waals surface area contributed by atoms with Gasteiger partial charge >= 0.3 is 5.97 Å². The summed E-state index contributed by atoms with van der Waals surface area (Å²) in [5, 5.41) is 2.86. The molecule has 1 aliphatic rings. The molecule has 1 heterocycles. The molecule has 6 nitrogen and oxygen atoms in total. The van der Waals surface area contributed by atoms with Crippen LogP contribution in [0.3, 0.4) is 0 Å². The number of benzene rings is 2. The van der Waals surface area contributed by atoms with Crippen LogP contribution in [-0.4, -0.2) is 29.8 Å². The van der Waals surface area contributed by atoms with Crippen LogP contribution in [-0.2, 0) is 25.5 Å². The summed E-state index contributed by atoms with van der Waals surface area (Å²) in [6.07, 6.45) is 3.93. The number of nitrogens with zero attached hydrogens (tertiary/aromatic N) is 1. The van der Waals surface area contributed by atoms with Gasteiger partial charge in [-0.15, -0.1) is 0 Å². The highest BCUT2D eigenvalue weighted by molar-refractivity contribution is 5.92. The van der Waals surface area contributed by atoms with Crippen molar-refractivity contribution in [2.75, 3.05) is 12.4 Å². The Morgan fingerprint density at radius 2 is 1.79 bits per heavy atom. The number of fused-ring (bicyclic) bond motifs is 1. The lowest BCUT2D eigenvalue weighted by atomic mass is 9.93. The van der Waals surface area contributed by atoms with Crippen molar-refractivity contribution in [3.8, 4) is 0 Å². The number of rotatable bonds is 5. The Bertz CT molecular complexity index is 918. The fourth-order valence-corrected chi connectivity index (χ4v) is 3.25. The first-order chi connectivity index (χ1) is 13.5. The summed E-state index contributed by atoms with van der Waals surface area (Å²) in [5.41, 5.74) is 3.39. The highest BCUT2D eigenvalue weighted by atomic mass is 16.5. The number of anilines is 1. The van der Waals surface area contributed by atoms with E-state index in [1.807, 2.05) is 30.3 Å². The zero-order valence-electron chi connectivity index (χ0n) is 15.8. The van der Waals surface area contributed by atoms with Gasteiger partial charge in [0.25, 0.3) is 0 Å². The summed E-state index contributed by atoms with van der Waals surface area (Å²) in [4.78, 5) is 37.5. The third-order valence-electron chi connectivity index (χ3n) is 4.66. The van der Waals surface area contributed by atoms with Crippen LogP contribution >= 0.6 is 0 Å². The molecule has 0 aliphatic carbocycles. The molecular weight excluding hydrogens is 356 g/mol. The van der Waals surface area contributed by atoms with Crippen LogP contribution in [0.5, 0.6) is 0 Å². The van der Waals surface area contributed by atoms with Crippen LogP contribution < -0.4 is 5.32 Å². The molecule has 28 heavy (non-hydrogen) atoms. The minimum Gasteiger partial charge on any atom is -0.469 e. The predicted octanol–water partition coefficient (Wildman–Crippen LogP) is 3.30. The average molecular weight is 378 g/mol. The number of hydrogen-bond donors (Lipinski definition) is 1. The summed E-state index contributed by atoms with van der Waals surface area (Å²) >= 11 is 0. The third-order valence-corrected chi connectivity index (χ3v) is 4.66. The molecule has 0 fully saturated rings. The Morgan fingerprint density at radius 1 is 1.07 bits per heavy atom. The van der Waals surface area contributed by atoms with Gasteiger partial charge in [-0.1, -0.05) is 36.4 Å². The Balaban J connectivity index is 1.70. The van der Waals surface area contributed by atoms with E-state index in [9.17, 15) is 14.4 Å². The number of hydrogen-bond acceptors (Lipinski definition) is 4. The quantitative estimate of drug-likeness (QED) is 0.810. The molecule has 0 radical (unpaired) electrons. The van der Waals surface area contributed by atoms with Gasteiger partial charge in [0.1, 0.15) is 0 Å². The van der Waals surface area contributed by atoms with Gasteiger partial charge in [0.15, 0.2) is 0 Å². The molecule has 0 saturated carbocycles. The molecule has 1 unspecified atom stereocenters. The van der Waals surface area contributed by atoms with E-state index in [4.69, 9.17) is 0 Å². The third kappa shape index (κ3) is 4.46. The molecule has 6 heteroatoms. The molecule has 3 rings (SSSR count). The first-order valence-corrected chi connectivity index (χ1v) is 8.99. The van der Waals surface area contributed by atoms with E-state index in [0.717, 1.165) is 16.7 Å². The van der Waals surface area contributed by atoms with Gasteiger partial charge < -0.3 is 15.0 Å². The average Bonchev–Trinajstić information content (AvgIpc) is 2.69. The zero-order valence-corrected chi connectivity index (χ0v) is 15.8. The Labute approximate surface area is 163 Å². The number of esters is 1. The Kier molecular flexibility index (Phi) is 5.89. The second-order valence-corrected chi connectivity index (χ2v) is 6.59. The Hall–Kier alpha value is -3.41. The summed E-state index contributed by atoms with van der Waals surface area (Å²) < 4.78 is 4.65. The van der Waals surface area contributed by atoms with Crippen molar-refractivity contribution in [3.05, 3.63) is 71.4 Å². The Morgan fingerprint density at radius 3 is 2.46 bits per heavy atom. The summed E-state index contributed by atoms with van der Waals surface area (Å²) in [6.45, 7) is 1.49. The van der Waals surface area contributed by atoms with Gasteiger partial charge in [-0.05, 0) is 34.9 Å². The smallest absolute Gasteiger partial charge is 0.309 e. The minimum atomic E-state index is -0.350. The second kappa shape index (κ2) is 8.52. The molecule has 2 aromatic rings. The topological polar surface area (TPSA) is 75.7 Å². The predicted molar refractivity (Wildman–Crippen MR) is 106 cm³/mol. The van der Waals surface area contributed by atoms with Crippen molar-refractivity contribution >= 4 is 29.5 Å². The largest absolute Gasteiger partial charge is 0.469 e. The van der Waals surface area contributed by atoms with Gasteiger partial charge in [0.05, 0.1) is 26.0 Å². The summed E-state index contributed by atoms with van der Waals surface area (Å²) in [6, 6.07) is 14.4. The molecule has 0 bridgehead atoms. The monoisotopic (exact) mass is 378 g/mol. The van der Waals surface area contributed by atoms with E-state index >= 15 is 0 Å². The van der Waals surface area contributed by atoms with E-state index in [-0.39, 0.29) is 36.7 Å². The summed E-state index contributed by atoms with van der Waals surface area (Å²) in [7, 11) is 1.35. The maximum absolute atomic E-state index is 12.6. The fraction of sp³-hybridized carbons (Fsp3) is 0.227. The molecule has 0 spiro atoms. The SMILES string of the molecule is COC(=O)Cc1ccc(NC(=O)CC2c3ccccc3C=CN2C(C)=O)cc1.